The summed E-state index contributed by atoms with van der Waals surface area (Å²) in [6.07, 6.45) is 10.8. The van der Waals surface area contributed by atoms with E-state index in [1.807, 2.05) is 49.1 Å². The molecule has 0 bridgehead atoms. The molecule has 22 heteroatoms. The van der Waals surface area contributed by atoms with Crippen molar-refractivity contribution >= 4 is 88.1 Å². The van der Waals surface area contributed by atoms with Crippen LogP contribution < -0.4 is 38.1 Å². The van der Waals surface area contributed by atoms with Crippen molar-refractivity contribution in [3.05, 3.63) is 137 Å². The fraction of sp³-hybridized carbons (Fsp3) is 0.406. The largest absolute Gasteiger partial charge is 0.445 e. The number of fused-ring (bicyclic) bond motifs is 1. The number of ketones is 2. The summed E-state index contributed by atoms with van der Waals surface area (Å²) < 4.78 is 5.58. The van der Waals surface area contributed by atoms with Crippen LogP contribution in [-0.2, 0) is 57.7 Å². The summed E-state index contributed by atoms with van der Waals surface area (Å²) >= 11 is 0. The van der Waals surface area contributed by atoms with Gasteiger partial charge in [0.2, 0.25) is 17.7 Å². The second-order valence-corrected chi connectivity index (χ2v) is 21.7. The number of urea groups is 1. The van der Waals surface area contributed by atoms with Gasteiger partial charge in [-0.25, -0.2) is 14.6 Å². The molecule has 86 heavy (non-hydrogen) atoms. The van der Waals surface area contributed by atoms with Crippen molar-refractivity contribution < 1.29 is 52.7 Å². The van der Waals surface area contributed by atoms with E-state index in [0.29, 0.717) is 83.7 Å². The van der Waals surface area contributed by atoms with Crippen molar-refractivity contribution in [1.82, 2.24) is 30.7 Å². The molecular weight excluding hydrogens is 1100 g/mol. The maximum absolute atomic E-state index is 13.9. The van der Waals surface area contributed by atoms with Crippen molar-refractivity contribution in [2.75, 3.05) is 36.8 Å². The van der Waals surface area contributed by atoms with Gasteiger partial charge in [0.15, 0.2) is 11.6 Å². The number of ether oxygens (including phenoxy) is 1. The Kier molecular flexibility index (Phi) is 25.4. The number of rotatable bonds is 33. The predicted octanol–water partition coefficient (Wildman–Crippen LogP) is 7.39. The van der Waals surface area contributed by atoms with Crippen molar-refractivity contribution in [1.29, 1.82) is 0 Å². The Bertz CT molecular complexity index is 3150. The van der Waals surface area contributed by atoms with Crippen LogP contribution in [0.4, 0.5) is 26.7 Å². The number of carbonyl (C=O) groups excluding carboxylic acids is 10. The van der Waals surface area contributed by atoms with E-state index in [-0.39, 0.29) is 112 Å². The third-order valence-electron chi connectivity index (χ3n) is 14.4. The van der Waals surface area contributed by atoms with Crippen molar-refractivity contribution in [2.45, 2.75) is 130 Å². The zero-order valence-electron chi connectivity index (χ0n) is 49.4. The first-order chi connectivity index (χ1) is 41.3. The number of nitrogens with two attached hydrogens (primary N) is 2. The van der Waals surface area contributed by atoms with E-state index in [9.17, 15) is 47.9 Å². The van der Waals surface area contributed by atoms with Crippen molar-refractivity contribution in [3.8, 4) is 0 Å². The maximum Gasteiger partial charge on any atom is 0.408 e. The number of benzene rings is 3. The average Bonchev–Trinajstić information content (AvgIpc) is 3.16. The molecule has 0 radical (unpaired) electrons. The summed E-state index contributed by atoms with van der Waals surface area (Å²) in [6.45, 7) is 9.13. The molecule has 9 N–H and O–H groups in total. The summed E-state index contributed by atoms with van der Waals surface area (Å²) in [5, 5.41) is 13.8. The topological polar surface area (TPSA) is 324 Å². The van der Waals surface area contributed by atoms with Crippen LogP contribution in [0, 0.1) is 11.8 Å². The number of amidine groups is 1. The number of hydrogen-bond donors (Lipinski definition) is 7. The molecule has 3 heterocycles. The van der Waals surface area contributed by atoms with E-state index in [1.54, 1.807) is 74.7 Å². The average molecular weight is 1180 g/mol. The van der Waals surface area contributed by atoms with Gasteiger partial charge in [0.1, 0.15) is 12.4 Å². The molecule has 2 aliphatic rings. The first kappa shape index (κ1) is 65.8. The number of carbonyl (C=O) groups is 10. The first-order valence-corrected chi connectivity index (χ1v) is 29.3. The molecule has 0 aliphatic carbocycles. The minimum Gasteiger partial charge on any atom is -0.445 e. The Labute approximate surface area is 501 Å². The number of imide groups is 1. The molecule has 4 aromatic rings. The van der Waals surface area contributed by atoms with Crippen LogP contribution in [0.2, 0.25) is 0 Å². The van der Waals surface area contributed by atoms with E-state index in [1.165, 1.54) is 18.3 Å². The lowest BCUT2D eigenvalue weighted by molar-refractivity contribution is -0.137. The molecule has 3 atom stereocenters. The number of hydrogen-bond acceptors (Lipinski definition) is 14. The molecule has 3 aromatic carbocycles. The summed E-state index contributed by atoms with van der Waals surface area (Å²) in [5.74, 6) is -3.54. The lowest BCUT2D eigenvalue weighted by Crippen LogP contribution is -2.45. The molecule has 22 nitrogen and oxygen atoms in total. The summed E-state index contributed by atoms with van der Waals surface area (Å²) in [5.41, 5.74) is 16.3. The van der Waals surface area contributed by atoms with E-state index in [2.05, 4.69) is 36.6 Å². The maximum atomic E-state index is 13.9. The second-order valence-electron chi connectivity index (χ2n) is 21.7. The highest BCUT2D eigenvalue weighted by Gasteiger charge is 2.30. The zero-order valence-corrected chi connectivity index (χ0v) is 49.4. The number of pyridine rings is 1. The number of amides is 9. The van der Waals surface area contributed by atoms with Crippen LogP contribution >= 0.6 is 0 Å². The first-order valence-electron chi connectivity index (χ1n) is 29.3. The number of aliphatic imine (C=N–C) groups is 1. The lowest BCUT2D eigenvalue weighted by atomic mass is 9.89. The highest BCUT2D eigenvalue weighted by molar-refractivity contribution is 6.13. The molecular formula is C64H79N11O11. The summed E-state index contributed by atoms with van der Waals surface area (Å²) in [4.78, 5) is 142. The Balaban J connectivity index is 1.01. The number of nitrogens with zero attached hydrogens (tertiary/aromatic N) is 4. The lowest BCUT2D eigenvalue weighted by Gasteiger charge is -2.24. The molecule has 456 valence electrons. The fourth-order valence-corrected chi connectivity index (χ4v) is 9.93. The van der Waals surface area contributed by atoms with Crippen LogP contribution in [-0.4, -0.2) is 118 Å². The number of Topliss-reactive ketones (excluding diaryl/α,β-unsaturated/α-hetero) is 2. The molecule has 9 amide bonds. The number of anilines is 2. The zero-order chi connectivity index (χ0) is 62.1. The van der Waals surface area contributed by atoms with Crippen LogP contribution in [0.1, 0.15) is 131 Å². The number of primary amides is 1. The Morgan fingerprint density at radius 2 is 1.48 bits per heavy atom. The van der Waals surface area contributed by atoms with Gasteiger partial charge >= 0.3 is 12.1 Å². The predicted molar refractivity (Wildman–Crippen MR) is 326 cm³/mol. The summed E-state index contributed by atoms with van der Waals surface area (Å²) in [6, 6.07) is 19.9. The molecule has 1 aromatic heterocycles. The molecule has 0 spiro atoms. The molecule has 6 rings (SSSR count). The van der Waals surface area contributed by atoms with Crippen LogP contribution in [0.3, 0.4) is 0 Å². The van der Waals surface area contributed by atoms with Gasteiger partial charge in [-0.2, -0.15) is 0 Å². The van der Waals surface area contributed by atoms with Gasteiger partial charge in [-0.3, -0.25) is 48.2 Å². The smallest absolute Gasteiger partial charge is 0.408 e. The fourth-order valence-electron chi connectivity index (χ4n) is 9.93. The molecule has 2 aliphatic heterocycles. The quantitative estimate of drug-likeness (QED) is 0.0181. The molecule has 0 fully saturated rings. The van der Waals surface area contributed by atoms with Gasteiger partial charge in [-0.05, 0) is 110 Å². The van der Waals surface area contributed by atoms with Gasteiger partial charge in [0, 0.05) is 98.5 Å². The van der Waals surface area contributed by atoms with E-state index >= 15 is 0 Å². The minimum atomic E-state index is -0.959. The Morgan fingerprint density at radius 1 is 0.756 bits per heavy atom. The molecule has 0 saturated carbocycles. The number of alkyl carbamates (subject to hydrolysis) is 1. The van der Waals surface area contributed by atoms with Gasteiger partial charge in [-0.15, -0.1) is 0 Å². The van der Waals surface area contributed by atoms with Crippen LogP contribution in [0.5, 0.6) is 0 Å². The van der Waals surface area contributed by atoms with Crippen LogP contribution in [0.15, 0.2) is 114 Å². The highest BCUT2D eigenvalue weighted by Crippen LogP contribution is 2.29. The van der Waals surface area contributed by atoms with E-state index < -0.39 is 41.9 Å². The monoisotopic (exact) mass is 1180 g/mol. The van der Waals surface area contributed by atoms with Gasteiger partial charge in [0.05, 0.1) is 29.7 Å². The SMILES string of the molecule is CCCN(CCC)C(=O)C1=Cc2ccc(C(=O)Nc3cncc(CCC(=O)C(Cc4ccccc4)NC(=O)OCc4ccc(NC(=O)[C@H](CCCNC(N)=O)CC(=O)[C@@H](NC(=O)CCCCCN5C(=O)C=CC5=O)C(C)C)cc4)c3)cc2N=C(N)C1. The number of unbranched alkanes of at least 4 members (excludes halogenated alkanes) is 2. The van der Waals surface area contributed by atoms with Gasteiger partial charge in [0.25, 0.3) is 17.7 Å². The highest BCUT2D eigenvalue weighted by atomic mass is 16.5. The number of aromatic nitrogens is 1. The second kappa shape index (κ2) is 33.2. The standard InChI is InChI=1S/C64H79N11O11/c1-5-29-74(30-6-2)62(83)48-34-45-21-22-47(35-51(45)71-55(65)37-48)61(82)70-50-32-44(38-67-39-50)20-25-53(76)52(33-42-14-9-7-10-15-42)72-64(85)86-40-43-18-23-49(24-19-43)69-60(81)46(16-13-28-68-63(66)84)36-54(77)59(41(3)4)73-56(78)17-11-8-12-31-75-57(79)26-27-58(75)80/h7,9-10,14-15,18-19,21-24,26-27,32,34-35,38-39,41,46,52,59H,5-6,8,11-13,16-17,20,25,28-31,33,36-37,40H2,1-4H3,(H2,65,71)(H,69,81)(H,70,82)(H,72,85)(H,73,78)(H3,66,68,84)/t46-,52?,59+/m1/s1. The van der Waals surface area contributed by atoms with E-state index in [4.69, 9.17) is 16.2 Å². The third kappa shape index (κ3) is 20.8. The van der Waals surface area contributed by atoms with Crippen molar-refractivity contribution in [3.63, 3.8) is 0 Å². The third-order valence-corrected chi connectivity index (χ3v) is 14.4. The minimum absolute atomic E-state index is 0.0191. The molecule has 1 unspecified atom stereocenters. The Morgan fingerprint density at radius 3 is 2.16 bits per heavy atom. The number of aryl methyl sites for hydroxylation is 1. The van der Waals surface area contributed by atoms with Gasteiger partial charge in [-0.1, -0.05) is 82.6 Å². The normalized spacial score (nSPS) is 13.7. The van der Waals surface area contributed by atoms with Crippen molar-refractivity contribution in [2.24, 2.45) is 28.3 Å². The summed E-state index contributed by atoms with van der Waals surface area (Å²) in [7, 11) is 0. The molecule has 0 saturated heterocycles. The van der Waals surface area contributed by atoms with E-state index in [0.717, 1.165) is 23.3 Å². The number of nitrogens with one attached hydrogen (secondary N) is 5. The Hall–Kier alpha value is -9.34. The van der Waals surface area contributed by atoms with Crippen LogP contribution in [0.25, 0.3) is 6.08 Å². The van der Waals surface area contributed by atoms with Gasteiger partial charge < -0.3 is 47.7 Å².